The van der Waals surface area contributed by atoms with Crippen molar-refractivity contribution < 1.29 is 13.2 Å². The molecule has 0 aromatic rings. The van der Waals surface area contributed by atoms with E-state index in [9.17, 15) is 13.2 Å². The van der Waals surface area contributed by atoms with E-state index in [4.69, 9.17) is 5.73 Å². The minimum absolute atomic E-state index is 0.0370. The van der Waals surface area contributed by atoms with Crippen LogP contribution in [-0.2, 0) is 14.8 Å². The van der Waals surface area contributed by atoms with Crippen LogP contribution >= 0.6 is 0 Å². The third-order valence-corrected chi connectivity index (χ3v) is 5.57. The monoisotopic (exact) mass is 317 g/mol. The van der Waals surface area contributed by atoms with Gasteiger partial charge >= 0.3 is 0 Å². The number of nitrogens with zero attached hydrogens (tertiary/aromatic N) is 1. The number of nitrogens with two attached hydrogens (primary N) is 1. The molecule has 6 nitrogen and oxygen atoms in total. The molecule has 2 aliphatic rings. The molecule has 1 atom stereocenters. The molecular weight excluding hydrogens is 290 g/mol. The average Bonchev–Trinajstić information content (AvgIpc) is 2.94. The van der Waals surface area contributed by atoms with E-state index >= 15 is 0 Å². The van der Waals surface area contributed by atoms with Crippen molar-refractivity contribution in [3.05, 3.63) is 0 Å². The van der Waals surface area contributed by atoms with Gasteiger partial charge in [-0.1, -0.05) is 12.8 Å². The van der Waals surface area contributed by atoms with E-state index in [-0.39, 0.29) is 11.9 Å². The Labute approximate surface area is 127 Å². The first-order chi connectivity index (χ1) is 9.88. The van der Waals surface area contributed by atoms with Crippen LogP contribution in [0.5, 0.6) is 0 Å². The number of sulfonamides is 1. The molecule has 1 saturated carbocycles. The van der Waals surface area contributed by atoms with E-state index in [0.29, 0.717) is 13.1 Å². The third kappa shape index (κ3) is 3.96. The molecule has 0 aromatic carbocycles. The van der Waals surface area contributed by atoms with Crippen LogP contribution in [0.25, 0.3) is 0 Å². The van der Waals surface area contributed by atoms with E-state index in [1.165, 1.54) is 0 Å². The summed E-state index contributed by atoms with van der Waals surface area (Å²) in [7, 11) is -3.23. The van der Waals surface area contributed by atoms with Gasteiger partial charge in [0, 0.05) is 25.7 Å². The zero-order chi connectivity index (χ0) is 15.5. The highest BCUT2D eigenvalue weighted by atomic mass is 32.2. The minimum Gasteiger partial charge on any atom is -0.338 e. The lowest BCUT2D eigenvalue weighted by Gasteiger charge is -2.41. The van der Waals surface area contributed by atoms with Gasteiger partial charge in [0.05, 0.1) is 11.7 Å². The maximum atomic E-state index is 13.0. The van der Waals surface area contributed by atoms with Gasteiger partial charge in [-0.25, -0.2) is 13.1 Å². The largest absolute Gasteiger partial charge is 0.338 e. The molecule has 1 saturated heterocycles. The molecule has 0 bridgehead atoms. The number of likely N-dealkylation sites (tertiary alicyclic amines) is 1. The SMILES string of the molecule is CS(=O)(=O)NCC1CCCCN1C(=O)C1(CN)CCCC1. The van der Waals surface area contributed by atoms with Crippen LogP contribution in [0, 0.1) is 5.41 Å². The summed E-state index contributed by atoms with van der Waals surface area (Å²) in [6, 6.07) is -0.0370. The van der Waals surface area contributed by atoms with Gasteiger partial charge in [-0.15, -0.1) is 0 Å². The van der Waals surface area contributed by atoms with Crippen LogP contribution in [-0.4, -0.2) is 51.2 Å². The molecule has 0 radical (unpaired) electrons. The van der Waals surface area contributed by atoms with E-state index in [1.54, 1.807) is 0 Å². The van der Waals surface area contributed by atoms with Crippen LogP contribution in [0.3, 0.4) is 0 Å². The highest BCUT2D eigenvalue weighted by Crippen LogP contribution is 2.40. The first-order valence-corrected chi connectivity index (χ1v) is 9.73. The fourth-order valence-electron chi connectivity index (χ4n) is 3.59. The van der Waals surface area contributed by atoms with Crippen molar-refractivity contribution in [2.24, 2.45) is 11.1 Å². The van der Waals surface area contributed by atoms with Gasteiger partial charge in [0.1, 0.15) is 0 Å². The number of amides is 1. The van der Waals surface area contributed by atoms with Gasteiger partial charge in [0.15, 0.2) is 0 Å². The summed E-state index contributed by atoms with van der Waals surface area (Å²) in [4.78, 5) is 14.8. The van der Waals surface area contributed by atoms with Gasteiger partial charge in [0.2, 0.25) is 15.9 Å². The Balaban J connectivity index is 2.08. The summed E-state index contributed by atoms with van der Waals surface area (Å²) >= 11 is 0. The second-order valence-corrected chi connectivity index (χ2v) is 8.29. The minimum atomic E-state index is -3.23. The molecule has 1 aliphatic carbocycles. The average molecular weight is 317 g/mol. The van der Waals surface area contributed by atoms with Crippen LogP contribution in [0.4, 0.5) is 0 Å². The molecular formula is C14H27N3O3S. The van der Waals surface area contributed by atoms with Crippen molar-refractivity contribution in [2.45, 2.75) is 51.0 Å². The molecule has 122 valence electrons. The number of hydrogen-bond acceptors (Lipinski definition) is 4. The first kappa shape index (κ1) is 16.7. The topological polar surface area (TPSA) is 92.5 Å². The van der Waals surface area contributed by atoms with Crippen molar-refractivity contribution in [3.8, 4) is 0 Å². The Morgan fingerprint density at radius 1 is 1.29 bits per heavy atom. The lowest BCUT2D eigenvalue weighted by atomic mass is 9.83. The highest BCUT2D eigenvalue weighted by molar-refractivity contribution is 7.88. The van der Waals surface area contributed by atoms with Crippen molar-refractivity contribution in [3.63, 3.8) is 0 Å². The Kier molecular flexibility index (Phi) is 5.27. The summed E-state index contributed by atoms with van der Waals surface area (Å²) in [5.41, 5.74) is 5.50. The predicted octanol–water partition coefficient (Wildman–Crippen LogP) is 0.436. The maximum Gasteiger partial charge on any atom is 0.230 e. The molecule has 3 N–H and O–H groups in total. The van der Waals surface area contributed by atoms with E-state index < -0.39 is 15.4 Å². The quantitative estimate of drug-likeness (QED) is 0.769. The molecule has 0 spiro atoms. The van der Waals surface area contributed by atoms with Gasteiger partial charge in [-0.3, -0.25) is 4.79 Å². The molecule has 2 rings (SSSR count). The van der Waals surface area contributed by atoms with Crippen molar-refractivity contribution in [2.75, 3.05) is 25.9 Å². The van der Waals surface area contributed by atoms with Crippen LogP contribution in [0.1, 0.15) is 44.9 Å². The molecule has 1 amide bonds. The number of carbonyl (C=O) groups excluding carboxylic acids is 1. The van der Waals surface area contributed by atoms with E-state index in [1.807, 2.05) is 4.90 Å². The first-order valence-electron chi connectivity index (χ1n) is 7.84. The van der Waals surface area contributed by atoms with Crippen LogP contribution in [0.2, 0.25) is 0 Å². The molecule has 1 unspecified atom stereocenters. The second-order valence-electron chi connectivity index (χ2n) is 6.46. The molecule has 1 heterocycles. The lowest BCUT2D eigenvalue weighted by molar-refractivity contribution is -0.145. The summed E-state index contributed by atoms with van der Waals surface area (Å²) in [6.07, 6.45) is 7.88. The van der Waals surface area contributed by atoms with Crippen molar-refractivity contribution in [1.29, 1.82) is 0 Å². The molecule has 21 heavy (non-hydrogen) atoms. The summed E-state index contributed by atoms with van der Waals surface area (Å²) in [5, 5.41) is 0. The molecule has 1 aliphatic heterocycles. The summed E-state index contributed by atoms with van der Waals surface area (Å²) in [6.45, 7) is 1.43. The Hall–Kier alpha value is -0.660. The zero-order valence-corrected chi connectivity index (χ0v) is 13.6. The van der Waals surface area contributed by atoms with Crippen LogP contribution in [0.15, 0.2) is 0 Å². The van der Waals surface area contributed by atoms with Gasteiger partial charge in [-0.2, -0.15) is 0 Å². The second kappa shape index (κ2) is 6.62. The van der Waals surface area contributed by atoms with E-state index in [0.717, 1.165) is 57.7 Å². The Morgan fingerprint density at radius 2 is 1.95 bits per heavy atom. The maximum absolute atomic E-state index is 13.0. The Morgan fingerprint density at radius 3 is 2.52 bits per heavy atom. The highest BCUT2D eigenvalue weighted by Gasteiger charge is 2.44. The normalized spacial score (nSPS) is 26.0. The predicted molar refractivity (Wildman–Crippen MR) is 82.2 cm³/mol. The van der Waals surface area contributed by atoms with E-state index in [2.05, 4.69) is 4.72 Å². The van der Waals surface area contributed by atoms with Gasteiger partial charge < -0.3 is 10.6 Å². The number of carbonyl (C=O) groups is 1. The summed E-state index contributed by atoms with van der Waals surface area (Å²) in [5.74, 6) is 0.141. The van der Waals surface area contributed by atoms with Gasteiger partial charge in [0.25, 0.3) is 0 Å². The lowest BCUT2D eigenvalue weighted by Crippen LogP contribution is -2.55. The zero-order valence-electron chi connectivity index (χ0n) is 12.8. The number of nitrogens with one attached hydrogen (secondary N) is 1. The third-order valence-electron chi connectivity index (χ3n) is 4.87. The fourth-order valence-corrected chi connectivity index (χ4v) is 4.08. The smallest absolute Gasteiger partial charge is 0.230 e. The standard InChI is InChI=1S/C14H27N3O3S/c1-21(19,20)16-10-12-6-2-5-9-17(12)13(18)14(11-15)7-3-4-8-14/h12,16H,2-11,15H2,1H3. The van der Waals surface area contributed by atoms with Gasteiger partial charge in [-0.05, 0) is 32.1 Å². The number of hydrogen-bond donors (Lipinski definition) is 2. The molecule has 7 heteroatoms. The van der Waals surface area contributed by atoms with Crippen molar-refractivity contribution >= 4 is 15.9 Å². The number of rotatable bonds is 5. The molecule has 2 fully saturated rings. The van der Waals surface area contributed by atoms with Crippen molar-refractivity contribution in [1.82, 2.24) is 9.62 Å². The van der Waals surface area contributed by atoms with Crippen LogP contribution < -0.4 is 10.5 Å². The summed E-state index contributed by atoms with van der Waals surface area (Å²) < 4.78 is 25.1. The number of piperidine rings is 1. The fraction of sp³-hybridized carbons (Fsp3) is 0.929. The Bertz CT molecular complexity index is 472. The molecule has 0 aromatic heterocycles.